The normalized spacial score (nSPS) is 10.8. The molecule has 0 atom stereocenters. The van der Waals surface area contributed by atoms with Crippen LogP contribution < -0.4 is 16.4 Å². The zero-order valence-electron chi connectivity index (χ0n) is 23.2. The van der Waals surface area contributed by atoms with Crippen LogP contribution in [0.5, 0.6) is 0 Å². The summed E-state index contributed by atoms with van der Waals surface area (Å²) >= 11 is 0. The first-order valence-electron chi connectivity index (χ1n) is 13.0. The maximum Gasteiger partial charge on any atom is 0.149 e. The van der Waals surface area contributed by atoms with Gasteiger partial charge >= 0.3 is 0 Å². The number of nitrogens with one attached hydrogen (secondary N) is 2. The van der Waals surface area contributed by atoms with Crippen LogP contribution in [0.1, 0.15) is 65.1 Å². The van der Waals surface area contributed by atoms with Crippen LogP contribution >= 0.6 is 0 Å². The molecule has 2 aromatic heterocycles. The number of anilines is 1. The van der Waals surface area contributed by atoms with E-state index in [1.54, 1.807) is 29.1 Å². The van der Waals surface area contributed by atoms with E-state index in [1.807, 2.05) is 53.0 Å². The molecule has 0 saturated carbocycles. The predicted molar refractivity (Wildman–Crippen MR) is 153 cm³/mol. The molecule has 0 fully saturated rings. The molecule has 2 heterocycles. The zero-order chi connectivity index (χ0) is 26.9. The maximum absolute atomic E-state index is 14.7. The van der Waals surface area contributed by atoms with Gasteiger partial charge in [0.1, 0.15) is 23.2 Å². The summed E-state index contributed by atoms with van der Waals surface area (Å²) in [5.74, 6) is 0.606. The van der Waals surface area contributed by atoms with Gasteiger partial charge in [-0.3, -0.25) is 9.55 Å². The molecule has 4 N–H and O–H groups in total. The van der Waals surface area contributed by atoms with Gasteiger partial charge in [0, 0.05) is 32.0 Å². The number of hydrogen-bond donors (Lipinski definition) is 3. The van der Waals surface area contributed by atoms with Crippen molar-refractivity contribution in [2.24, 2.45) is 0 Å². The molecule has 0 radical (unpaired) electrons. The van der Waals surface area contributed by atoms with Gasteiger partial charge in [0.2, 0.25) is 0 Å². The molecular formula is C29H45FN6. The van der Waals surface area contributed by atoms with Crippen molar-refractivity contribution in [3.63, 3.8) is 0 Å². The van der Waals surface area contributed by atoms with Gasteiger partial charge in [-0.05, 0) is 50.7 Å². The zero-order valence-corrected chi connectivity index (χ0v) is 23.2. The minimum Gasteiger partial charge on any atom is -0.383 e. The number of likely N-dealkylation sites (N-methyl/N-ethyl adjacent to an activating group) is 1. The van der Waals surface area contributed by atoms with Gasteiger partial charge in [-0.1, -0.05) is 64.7 Å². The van der Waals surface area contributed by atoms with Crippen LogP contribution in [-0.4, -0.2) is 41.2 Å². The summed E-state index contributed by atoms with van der Waals surface area (Å²) in [6.45, 7) is 14.8. The van der Waals surface area contributed by atoms with E-state index in [1.165, 1.54) is 25.3 Å². The molecule has 1 aromatic carbocycles. The van der Waals surface area contributed by atoms with E-state index in [0.29, 0.717) is 29.4 Å². The largest absolute Gasteiger partial charge is 0.383 e. The molecule has 0 saturated heterocycles. The molecule has 0 aliphatic carbocycles. The number of aromatic nitrogens is 3. The Morgan fingerprint density at radius 2 is 1.75 bits per heavy atom. The van der Waals surface area contributed by atoms with Crippen molar-refractivity contribution >= 4 is 11.4 Å². The lowest BCUT2D eigenvalue weighted by Crippen LogP contribution is -2.24. The summed E-state index contributed by atoms with van der Waals surface area (Å²) < 4.78 is 16.5. The van der Waals surface area contributed by atoms with Crippen LogP contribution in [-0.2, 0) is 0 Å². The van der Waals surface area contributed by atoms with Gasteiger partial charge in [0.25, 0.3) is 0 Å². The highest BCUT2D eigenvalue weighted by Gasteiger charge is 2.21. The van der Waals surface area contributed by atoms with E-state index < -0.39 is 0 Å². The average Bonchev–Trinajstić information content (AvgIpc) is 3.24. The Morgan fingerprint density at radius 3 is 2.33 bits per heavy atom. The molecule has 36 heavy (non-hydrogen) atoms. The smallest absolute Gasteiger partial charge is 0.149 e. The van der Waals surface area contributed by atoms with Gasteiger partial charge in [-0.25, -0.2) is 9.37 Å². The van der Waals surface area contributed by atoms with Gasteiger partial charge in [0.15, 0.2) is 0 Å². The van der Waals surface area contributed by atoms with E-state index in [0.717, 1.165) is 29.9 Å². The fourth-order valence-electron chi connectivity index (χ4n) is 3.46. The van der Waals surface area contributed by atoms with Crippen molar-refractivity contribution < 1.29 is 4.39 Å². The topological polar surface area (TPSA) is 80.8 Å². The molecule has 0 spiro atoms. The van der Waals surface area contributed by atoms with Crippen molar-refractivity contribution in [2.75, 3.05) is 32.4 Å². The molecular weight excluding hydrogens is 451 g/mol. The number of imidazole rings is 1. The Labute approximate surface area is 217 Å². The summed E-state index contributed by atoms with van der Waals surface area (Å²) in [6, 6.07) is 8.65. The number of nitrogen functional groups attached to an aromatic ring is 1. The molecule has 0 amide bonds. The van der Waals surface area contributed by atoms with Crippen molar-refractivity contribution in [3.8, 4) is 17.1 Å². The molecule has 198 valence electrons. The van der Waals surface area contributed by atoms with Gasteiger partial charge in [-0.15, -0.1) is 0 Å². The summed E-state index contributed by atoms with van der Waals surface area (Å²) in [5, 5.41) is 6.42. The lowest BCUT2D eigenvalue weighted by atomic mass is 10.1. The van der Waals surface area contributed by atoms with E-state index in [4.69, 9.17) is 10.7 Å². The summed E-state index contributed by atoms with van der Waals surface area (Å²) in [7, 11) is 1.92. The first-order chi connectivity index (χ1) is 17.4. The first-order valence-corrected chi connectivity index (χ1v) is 13.0. The number of pyridine rings is 1. The third-order valence-electron chi connectivity index (χ3n) is 5.38. The van der Waals surface area contributed by atoms with Crippen LogP contribution in [0.3, 0.4) is 0 Å². The lowest BCUT2D eigenvalue weighted by Gasteiger charge is -2.11. The Kier molecular flexibility index (Phi) is 15.0. The number of benzene rings is 1. The molecule has 7 heteroatoms. The number of nitrogens with zero attached hydrogens (tertiary/aromatic N) is 3. The number of hydrogen-bond acceptors (Lipinski definition) is 5. The monoisotopic (exact) mass is 496 g/mol. The third-order valence-corrected chi connectivity index (χ3v) is 5.38. The lowest BCUT2D eigenvalue weighted by molar-refractivity contribution is 0.629. The Hall–Kier alpha value is -3.03. The van der Waals surface area contributed by atoms with Crippen molar-refractivity contribution in [3.05, 3.63) is 65.9 Å². The molecule has 3 rings (SSSR count). The van der Waals surface area contributed by atoms with E-state index >= 15 is 0 Å². The minimum atomic E-state index is -0.335. The van der Waals surface area contributed by atoms with Gasteiger partial charge in [-0.2, -0.15) is 0 Å². The standard InChI is InChI=1S/C22H27FN6.C5H12.C2H6/c1-15-4-5-19(23)18(14-15)22-28-20(16(2)6-9-27-13-12-25-3)21(24)29(22)17-7-10-26-11-8-17;1-3-5-4-2;1-2/h4-8,10-11,14,25,27H,9,12-13,24H2,1-3H3;3-5H2,1-2H3;1-2H3/b16-6-;;. The van der Waals surface area contributed by atoms with Crippen molar-refractivity contribution in [2.45, 2.75) is 60.8 Å². The number of allylic oxidation sites excluding steroid dienone is 1. The van der Waals surface area contributed by atoms with Crippen LogP contribution in [0.25, 0.3) is 22.6 Å². The second-order valence-electron chi connectivity index (χ2n) is 8.24. The third kappa shape index (κ3) is 9.21. The number of aryl methyl sites for hydroxylation is 1. The maximum atomic E-state index is 14.7. The van der Waals surface area contributed by atoms with Gasteiger partial charge < -0.3 is 16.4 Å². The fraction of sp³-hybridized carbons (Fsp3) is 0.448. The van der Waals surface area contributed by atoms with Crippen LogP contribution in [0.15, 0.2) is 48.8 Å². The molecule has 0 aliphatic rings. The van der Waals surface area contributed by atoms with Crippen molar-refractivity contribution in [1.29, 1.82) is 0 Å². The Balaban J connectivity index is 0.000000826. The Morgan fingerprint density at radius 1 is 1.08 bits per heavy atom. The van der Waals surface area contributed by atoms with Crippen LogP contribution in [0.2, 0.25) is 0 Å². The highest BCUT2D eigenvalue weighted by Crippen LogP contribution is 2.33. The summed E-state index contributed by atoms with van der Waals surface area (Å²) in [4.78, 5) is 8.81. The van der Waals surface area contributed by atoms with E-state index in [-0.39, 0.29) is 5.82 Å². The van der Waals surface area contributed by atoms with Crippen LogP contribution in [0, 0.1) is 12.7 Å². The van der Waals surface area contributed by atoms with E-state index in [9.17, 15) is 4.39 Å². The first kappa shape index (κ1) is 31.0. The Bertz CT molecular complexity index is 1040. The highest BCUT2D eigenvalue weighted by molar-refractivity contribution is 5.76. The highest BCUT2D eigenvalue weighted by atomic mass is 19.1. The second-order valence-corrected chi connectivity index (χ2v) is 8.24. The number of halogens is 1. The van der Waals surface area contributed by atoms with Gasteiger partial charge in [0.05, 0.1) is 11.3 Å². The second kappa shape index (κ2) is 17.4. The quantitative estimate of drug-likeness (QED) is 0.283. The molecule has 0 unspecified atom stereocenters. The van der Waals surface area contributed by atoms with E-state index in [2.05, 4.69) is 29.5 Å². The molecule has 6 nitrogen and oxygen atoms in total. The average molecular weight is 497 g/mol. The predicted octanol–water partition coefficient (Wildman–Crippen LogP) is 6.40. The molecule has 0 aliphatic heterocycles. The number of nitrogens with two attached hydrogens (primary N) is 1. The van der Waals surface area contributed by atoms with Crippen molar-refractivity contribution in [1.82, 2.24) is 25.2 Å². The van der Waals surface area contributed by atoms with Crippen LogP contribution in [0.4, 0.5) is 10.2 Å². The minimum absolute atomic E-state index is 0.335. The SMILES string of the molecule is CC.CCCCC.CNCCNC/C=C(/C)c1nc(-c2cc(C)ccc2F)n(-c2ccncc2)c1N. The number of rotatable bonds is 10. The summed E-state index contributed by atoms with van der Waals surface area (Å²) in [5.41, 5.74) is 10.2. The molecule has 3 aromatic rings. The summed E-state index contributed by atoms with van der Waals surface area (Å²) in [6.07, 6.45) is 9.48. The fourth-order valence-corrected chi connectivity index (χ4v) is 3.46. The number of unbranched alkanes of at least 4 members (excludes halogenated alkanes) is 2. The molecule has 0 bridgehead atoms.